The number of nitrogens with zero attached hydrogens (tertiary/aromatic N) is 3. The van der Waals surface area contributed by atoms with Crippen molar-refractivity contribution in [2.45, 2.75) is 27.2 Å². The Balaban J connectivity index is 1.72. The van der Waals surface area contributed by atoms with E-state index in [-0.39, 0.29) is 5.91 Å². The minimum atomic E-state index is -0.0159. The number of carbonyl (C=O) groups is 1. The highest BCUT2D eigenvalue weighted by molar-refractivity contribution is 7.20. The van der Waals surface area contributed by atoms with Gasteiger partial charge in [0.15, 0.2) is 0 Å². The van der Waals surface area contributed by atoms with E-state index in [1.807, 2.05) is 41.9 Å². The number of benzene rings is 1. The van der Waals surface area contributed by atoms with Crippen LogP contribution in [0.1, 0.15) is 35.6 Å². The Morgan fingerprint density at radius 3 is 2.63 bits per heavy atom. The SMILES string of the molecule is CCN(CC)CCCNC(=O)c1cc2c(C)nn(-c3ccc(Cl)cc3)c2s1. The summed E-state index contributed by atoms with van der Waals surface area (Å²) in [5.41, 5.74) is 1.85. The lowest BCUT2D eigenvalue weighted by Crippen LogP contribution is -2.29. The van der Waals surface area contributed by atoms with Crippen molar-refractivity contribution >= 4 is 39.1 Å². The molecule has 144 valence electrons. The largest absolute Gasteiger partial charge is 0.351 e. The first-order valence-corrected chi connectivity index (χ1v) is 10.5. The number of hydrogen-bond acceptors (Lipinski definition) is 4. The zero-order valence-corrected chi connectivity index (χ0v) is 17.5. The monoisotopic (exact) mass is 404 g/mol. The lowest BCUT2D eigenvalue weighted by Gasteiger charge is -2.17. The molecule has 2 heterocycles. The van der Waals surface area contributed by atoms with Crippen LogP contribution in [-0.4, -0.2) is 46.8 Å². The molecule has 0 fully saturated rings. The first-order chi connectivity index (χ1) is 13.0. The molecule has 3 rings (SSSR count). The minimum Gasteiger partial charge on any atom is -0.351 e. The van der Waals surface area contributed by atoms with Crippen molar-refractivity contribution in [3.63, 3.8) is 0 Å². The highest BCUT2D eigenvalue weighted by Gasteiger charge is 2.17. The molecule has 5 nitrogen and oxygen atoms in total. The summed E-state index contributed by atoms with van der Waals surface area (Å²) >= 11 is 7.45. The molecule has 0 aliphatic carbocycles. The Morgan fingerprint density at radius 1 is 1.26 bits per heavy atom. The second-order valence-electron chi connectivity index (χ2n) is 6.44. The third kappa shape index (κ3) is 4.51. The normalized spacial score (nSPS) is 11.4. The van der Waals surface area contributed by atoms with E-state index in [1.54, 1.807) is 0 Å². The van der Waals surface area contributed by atoms with E-state index in [0.29, 0.717) is 11.6 Å². The van der Waals surface area contributed by atoms with Crippen LogP contribution in [0.2, 0.25) is 5.02 Å². The molecule has 0 aliphatic rings. The molecule has 1 amide bonds. The maximum Gasteiger partial charge on any atom is 0.261 e. The van der Waals surface area contributed by atoms with E-state index < -0.39 is 0 Å². The van der Waals surface area contributed by atoms with Crippen LogP contribution in [-0.2, 0) is 0 Å². The Labute approximate surface area is 168 Å². The van der Waals surface area contributed by atoms with Gasteiger partial charge in [0.2, 0.25) is 0 Å². The van der Waals surface area contributed by atoms with Crippen LogP contribution in [0.25, 0.3) is 15.9 Å². The van der Waals surface area contributed by atoms with E-state index in [4.69, 9.17) is 11.6 Å². The van der Waals surface area contributed by atoms with Crippen molar-refractivity contribution in [1.29, 1.82) is 0 Å². The molecule has 0 radical (unpaired) electrons. The van der Waals surface area contributed by atoms with Crippen molar-refractivity contribution in [2.75, 3.05) is 26.2 Å². The predicted molar refractivity (Wildman–Crippen MR) is 113 cm³/mol. The third-order valence-electron chi connectivity index (χ3n) is 4.67. The van der Waals surface area contributed by atoms with Crippen molar-refractivity contribution in [1.82, 2.24) is 20.0 Å². The van der Waals surface area contributed by atoms with Gasteiger partial charge in [0, 0.05) is 17.0 Å². The average molecular weight is 405 g/mol. The summed E-state index contributed by atoms with van der Waals surface area (Å²) in [5, 5.41) is 9.35. The molecular weight excluding hydrogens is 380 g/mol. The van der Waals surface area contributed by atoms with E-state index in [1.165, 1.54) is 11.3 Å². The predicted octanol–water partition coefficient (Wildman–Crippen LogP) is 4.51. The van der Waals surface area contributed by atoms with E-state index in [0.717, 1.165) is 52.5 Å². The Kier molecular flexibility index (Phi) is 6.52. The number of aromatic nitrogens is 2. The first kappa shape index (κ1) is 19.9. The fourth-order valence-corrected chi connectivity index (χ4v) is 4.27. The summed E-state index contributed by atoms with van der Waals surface area (Å²) in [6, 6.07) is 9.49. The quantitative estimate of drug-likeness (QED) is 0.562. The molecular formula is C20H25ClN4OS. The molecule has 2 aromatic heterocycles. The molecule has 0 spiro atoms. The zero-order chi connectivity index (χ0) is 19.4. The van der Waals surface area contributed by atoms with Crippen LogP contribution in [0.5, 0.6) is 0 Å². The number of carbonyl (C=O) groups excluding carboxylic acids is 1. The summed E-state index contributed by atoms with van der Waals surface area (Å²) in [7, 11) is 0. The summed E-state index contributed by atoms with van der Waals surface area (Å²) < 4.78 is 1.88. The van der Waals surface area contributed by atoms with Crippen LogP contribution in [0.3, 0.4) is 0 Å². The Morgan fingerprint density at radius 2 is 1.96 bits per heavy atom. The highest BCUT2D eigenvalue weighted by Crippen LogP contribution is 2.30. The maximum atomic E-state index is 12.5. The van der Waals surface area contributed by atoms with Crippen LogP contribution < -0.4 is 5.32 Å². The number of fused-ring (bicyclic) bond motifs is 1. The van der Waals surface area contributed by atoms with Gasteiger partial charge in [0.25, 0.3) is 5.91 Å². The summed E-state index contributed by atoms with van der Waals surface area (Å²) in [6.45, 7) is 10.1. The van der Waals surface area contributed by atoms with Gasteiger partial charge in [-0.1, -0.05) is 25.4 Å². The number of thiophene rings is 1. The van der Waals surface area contributed by atoms with E-state index in [2.05, 4.69) is 29.2 Å². The smallest absolute Gasteiger partial charge is 0.261 e. The molecule has 0 aliphatic heterocycles. The van der Waals surface area contributed by atoms with Gasteiger partial charge in [-0.15, -0.1) is 11.3 Å². The molecule has 0 atom stereocenters. The number of aryl methyl sites for hydroxylation is 1. The van der Waals surface area contributed by atoms with Gasteiger partial charge < -0.3 is 10.2 Å². The third-order valence-corrected chi connectivity index (χ3v) is 6.03. The Bertz CT molecular complexity index is 912. The number of hydrogen-bond donors (Lipinski definition) is 1. The van der Waals surface area contributed by atoms with Crippen LogP contribution in [0.15, 0.2) is 30.3 Å². The molecule has 27 heavy (non-hydrogen) atoms. The molecule has 0 saturated heterocycles. The van der Waals surface area contributed by atoms with E-state index in [9.17, 15) is 4.79 Å². The molecule has 1 aromatic carbocycles. The molecule has 0 saturated carbocycles. The van der Waals surface area contributed by atoms with Crippen molar-refractivity contribution < 1.29 is 4.79 Å². The molecule has 0 bridgehead atoms. The van der Waals surface area contributed by atoms with Gasteiger partial charge in [-0.05, 0) is 63.3 Å². The molecule has 1 N–H and O–H groups in total. The number of amides is 1. The van der Waals surface area contributed by atoms with Gasteiger partial charge in [-0.25, -0.2) is 4.68 Å². The number of nitrogens with one attached hydrogen (secondary N) is 1. The average Bonchev–Trinajstić information content (AvgIpc) is 3.23. The first-order valence-electron chi connectivity index (χ1n) is 9.29. The van der Waals surface area contributed by atoms with Gasteiger partial charge in [0.1, 0.15) is 4.83 Å². The Hall–Kier alpha value is -1.89. The summed E-state index contributed by atoms with van der Waals surface area (Å²) in [5.74, 6) is -0.0159. The maximum absolute atomic E-state index is 12.5. The fraction of sp³-hybridized carbons (Fsp3) is 0.400. The highest BCUT2D eigenvalue weighted by atomic mass is 35.5. The van der Waals surface area contributed by atoms with Gasteiger partial charge in [0.05, 0.1) is 16.3 Å². The zero-order valence-electron chi connectivity index (χ0n) is 16.0. The summed E-state index contributed by atoms with van der Waals surface area (Å²) in [6.07, 6.45) is 0.954. The van der Waals surface area contributed by atoms with Crippen LogP contribution in [0.4, 0.5) is 0 Å². The van der Waals surface area contributed by atoms with Gasteiger partial charge in [-0.3, -0.25) is 4.79 Å². The van der Waals surface area contributed by atoms with Crippen molar-refractivity contribution in [3.8, 4) is 5.69 Å². The summed E-state index contributed by atoms with van der Waals surface area (Å²) in [4.78, 5) is 16.6. The molecule has 3 aromatic rings. The van der Waals surface area contributed by atoms with Gasteiger partial charge >= 0.3 is 0 Å². The van der Waals surface area contributed by atoms with E-state index >= 15 is 0 Å². The number of halogens is 1. The lowest BCUT2D eigenvalue weighted by atomic mass is 10.3. The van der Waals surface area contributed by atoms with Gasteiger partial charge in [-0.2, -0.15) is 5.10 Å². The molecule has 7 heteroatoms. The number of rotatable bonds is 8. The molecule has 0 unspecified atom stereocenters. The van der Waals surface area contributed by atoms with Crippen molar-refractivity contribution in [2.24, 2.45) is 0 Å². The van der Waals surface area contributed by atoms with Crippen LogP contribution >= 0.6 is 22.9 Å². The van der Waals surface area contributed by atoms with Crippen LogP contribution in [0, 0.1) is 6.92 Å². The minimum absolute atomic E-state index is 0.0159. The van der Waals surface area contributed by atoms with Crippen molar-refractivity contribution in [3.05, 3.63) is 45.9 Å². The fourth-order valence-electron chi connectivity index (χ4n) is 3.05. The second kappa shape index (κ2) is 8.87. The second-order valence-corrected chi connectivity index (χ2v) is 7.91. The lowest BCUT2D eigenvalue weighted by molar-refractivity contribution is 0.0956. The standard InChI is InChI=1S/C20H25ClN4OS/c1-4-24(5-2)12-6-11-22-19(26)18-13-17-14(3)23-25(20(17)27-18)16-9-7-15(21)8-10-16/h7-10,13H,4-6,11-12H2,1-3H3,(H,22,26). The topological polar surface area (TPSA) is 50.2 Å².